The van der Waals surface area contributed by atoms with Crippen LogP contribution in [0, 0.1) is 5.92 Å². The zero-order valence-electron chi connectivity index (χ0n) is 18.3. The molecular weight excluding hydrogens is 380 g/mol. The fourth-order valence-electron chi connectivity index (χ4n) is 3.82. The molecule has 2 atom stereocenters. The van der Waals surface area contributed by atoms with Gasteiger partial charge < -0.3 is 19.7 Å². The van der Waals surface area contributed by atoms with Gasteiger partial charge in [0, 0.05) is 23.9 Å². The molecule has 2 aromatic rings. The lowest BCUT2D eigenvalue weighted by Crippen LogP contribution is -2.52. The topological polar surface area (TPSA) is 67.9 Å². The van der Waals surface area contributed by atoms with E-state index in [1.54, 1.807) is 18.2 Å². The number of methoxy groups -OCH3 is 2. The van der Waals surface area contributed by atoms with Gasteiger partial charge in [-0.1, -0.05) is 39.0 Å². The first-order valence-corrected chi connectivity index (χ1v) is 10.3. The lowest BCUT2D eigenvalue weighted by Gasteiger charge is -2.36. The third-order valence-electron chi connectivity index (χ3n) is 5.64. The van der Waals surface area contributed by atoms with Crippen molar-refractivity contribution in [3.63, 3.8) is 0 Å². The Kier molecular flexibility index (Phi) is 6.65. The lowest BCUT2D eigenvalue weighted by molar-refractivity contribution is -0.121. The van der Waals surface area contributed by atoms with Crippen LogP contribution in [0.15, 0.2) is 42.5 Å². The predicted octanol–water partition coefficient (Wildman–Crippen LogP) is 4.00. The Balaban J connectivity index is 1.86. The van der Waals surface area contributed by atoms with Crippen LogP contribution >= 0.6 is 0 Å². The number of rotatable bonds is 6. The second-order valence-electron chi connectivity index (χ2n) is 8.03. The smallest absolute Gasteiger partial charge is 0.252 e. The molecule has 3 rings (SSSR count). The summed E-state index contributed by atoms with van der Waals surface area (Å²) in [6.07, 6.45) is 0.897. The van der Waals surface area contributed by atoms with Gasteiger partial charge >= 0.3 is 0 Å². The van der Waals surface area contributed by atoms with Gasteiger partial charge in [-0.15, -0.1) is 0 Å². The van der Waals surface area contributed by atoms with Crippen molar-refractivity contribution in [3.05, 3.63) is 53.6 Å². The molecule has 0 spiro atoms. The van der Waals surface area contributed by atoms with Gasteiger partial charge in [0.1, 0.15) is 17.5 Å². The van der Waals surface area contributed by atoms with Crippen molar-refractivity contribution in [2.75, 3.05) is 25.7 Å². The summed E-state index contributed by atoms with van der Waals surface area (Å²) >= 11 is 0. The summed E-state index contributed by atoms with van der Waals surface area (Å²) < 4.78 is 10.5. The van der Waals surface area contributed by atoms with Gasteiger partial charge in [-0.25, -0.2) is 0 Å². The molecule has 0 aliphatic carbocycles. The second-order valence-corrected chi connectivity index (χ2v) is 8.03. The molecule has 30 heavy (non-hydrogen) atoms. The highest BCUT2D eigenvalue weighted by Gasteiger charge is 2.33. The van der Waals surface area contributed by atoms with Crippen LogP contribution in [0.5, 0.6) is 11.5 Å². The summed E-state index contributed by atoms with van der Waals surface area (Å²) in [5, 5.41) is 2.93. The number of nitrogens with one attached hydrogen (secondary N) is 1. The number of nitrogens with zero attached hydrogens (tertiary/aromatic N) is 1. The van der Waals surface area contributed by atoms with Gasteiger partial charge in [-0.05, 0) is 42.0 Å². The molecule has 0 aromatic heterocycles. The summed E-state index contributed by atoms with van der Waals surface area (Å²) in [6, 6.07) is 12.3. The van der Waals surface area contributed by atoms with E-state index < -0.39 is 6.04 Å². The van der Waals surface area contributed by atoms with Gasteiger partial charge in [-0.3, -0.25) is 9.59 Å². The highest BCUT2D eigenvalue weighted by molar-refractivity contribution is 6.03. The summed E-state index contributed by atoms with van der Waals surface area (Å²) in [4.78, 5) is 28.3. The molecule has 0 saturated heterocycles. The molecule has 1 heterocycles. The van der Waals surface area contributed by atoms with E-state index >= 15 is 0 Å². The molecule has 1 aliphatic heterocycles. The number of fused-ring (bicyclic) bond motifs is 1. The van der Waals surface area contributed by atoms with Crippen molar-refractivity contribution < 1.29 is 19.1 Å². The van der Waals surface area contributed by atoms with Crippen LogP contribution in [-0.2, 0) is 4.79 Å². The normalized spacial score (nSPS) is 16.6. The third-order valence-corrected chi connectivity index (χ3v) is 5.64. The van der Waals surface area contributed by atoms with Crippen LogP contribution in [0.1, 0.15) is 49.0 Å². The fraction of sp³-hybridized carbons (Fsp3) is 0.417. The average molecular weight is 411 g/mol. The number of anilines is 1. The fourth-order valence-corrected chi connectivity index (χ4v) is 3.82. The maximum Gasteiger partial charge on any atom is 0.252 e. The number of para-hydroxylation sites is 1. The Bertz CT molecular complexity index is 903. The van der Waals surface area contributed by atoms with Crippen molar-refractivity contribution in [1.29, 1.82) is 0 Å². The van der Waals surface area contributed by atoms with E-state index in [1.165, 1.54) is 19.8 Å². The molecule has 1 aliphatic rings. The maximum atomic E-state index is 13.5. The Hall–Kier alpha value is -3.02. The Morgan fingerprint density at radius 3 is 2.30 bits per heavy atom. The summed E-state index contributed by atoms with van der Waals surface area (Å²) in [5.41, 5.74) is 2.49. The first kappa shape index (κ1) is 21.7. The van der Waals surface area contributed by atoms with Crippen LogP contribution in [0.25, 0.3) is 0 Å². The molecule has 0 radical (unpaired) electrons. The third kappa shape index (κ3) is 4.42. The standard InChI is InChI=1S/C24H30N2O4/c1-15(2)22(25-23(27)17-12-18(29-4)14-19(13-17)30-5)24(28)26-11-10-16(3)20-8-6-7-9-21(20)26/h6-9,12-16,22H,10-11H2,1-5H3,(H,25,27). The second kappa shape index (κ2) is 9.20. The van der Waals surface area contributed by atoms with Crippen LogP contribution in [0.3, 0.4) is 0 Å². The largest absolute Gasteiger partial charge is 0.497 e. The van der Waals surface area contributed by atoms with Crippen LogP contribution in [0.4, 0.5) is 5.69 Å². The van der Waals surface area contributed by atoms with Gasteiger partial charge in [0.2, 0.25) is 5.91 Å². The van der Waals surface area contributed by atoms with Crippen LogP contribution < -0.4 is 19.7 Å². The Morgan fingerprint density at radius 2 is 1.70 bits per heavy atom. The highest BCUT2D eigenvalue weighted by atomic mass is 16.5. The molecule has 6 heteroatoms. The number of benzene rings is 2. The van der Waals surface area contributed by atoms with E-state index in [1.807, 2.05) is 36.9 Å². The van der Waals surface area contributed by atoms with E-state index in [0.717, 1.165) is 12.1 Å². The number of amides is 2. The highest BCUT2D eigenvalue weighted by Crippen LogP contribution is 2.35. The number of carbonyl (C=O) groups excluding carboxylic acids is 2. The molecule has 6 nitrogen and oxygen atoms in total. The average Bonchev–Trinajstić information content (AvgIpc) is 2.76. The number of ether oxygens (including phenoxy) is 2. The van der Waals surface area contributed by atoms with Crippen molar-refractivity contribution in [2.24, 2.45) is 5.92 Å². The molecule has 0 fully saturated rings. The minimum atomic E-state index is -0.642. The van der Waals surface area contributed by atoms with E-state index in [-0.39, 0.29) is 17.7 Å². The van der Waals surface area contributed by atoms with Gasteiger partial charge in [0.15, 0.2) is 0 Å². The van der Waals surface area contributed by atoms with Gasteiger partial charge in [0.05, 0.1) is 14.2 Å². The molecule has 160 valence electrons. The zero-order chi connectivity index (χ0) is 21.8. The van der Waals surface area contributed by atoms with E-state index in [2.05, 4.69) is 18.3 Å². The molecule has 0 bridgehead atoms. The van der Waals surface area contributed by atoms with Crippen LogP contribution in [0.2, 0.25) is 0 Å². The maximum absolute atomic E-state index is 13.5. The first-order valence-electron chi connectivity index (χ1n) is 10.3. The molecule has 2 amide bonds. The lowest BCUT2D eigenvalue weighted by atomic mass is 9.90. The Labute approximate surface area is 178 Å². The monoisotopic (exact) mass is 410 g/mol. The minimum Gasteiger partial charge on any atom is -0.497 e. The molecule has 2 unspecified atom stereocenters. The summed E-state index contributed by atoms with van der Waals surface area (Å²) in [6.45, 7) is 6.70. The van der Waals surface area contributed by atoms with Crippen molar-refractivity contribution in [3.8, 4) is 11.5 Å². The number of hydrogen-bond acceptors (Lipinski definition) is 4. The van der Waals surface area contributed by atoms with Crippen molar-refractivity contribution in [1.82, 2.24) is 5.32 Å². The molecule has 2 aromatic carbocycles. The SMILES string of the molecule is COc1cc(OC)cc(C(=O)NC(C(=O)N2CCC(C)c3ccccc32)C(C)C)c1. The molecule has 0 saturated carbocycles. The molecular formula is C24H30N2O4. The minimum absolute atomic E-state index is 0.0690. The molecule has 1 N–H and O–H groups in total. The first-order chi connectivity index (χ1) is 14.3. The van der Waals surface area contributed by atoms with E-state index in [0.29, 0.717) is 29.5 Å². The van der Waals surface area contributed by atoms with Gasteiger partial charge in [-0.2, -0.15) is 0 Å². The van der Waals surface area contributed by atoms with Crippen molar-refractivity contribution in [2.45, 2.75) is 39.2 Å². The Morgan fingerprint density at radius 1 is 1.07 bits per heavy atom. The van der Waals surface area contributed by atoms with E-state index in [9.17, 15) is 9.59 Å². The predicted molar refractivity (Wildman–Crippen MR) is 117 cm³/mol. The van der Waals surface area contributed by atoms with Crippen molar-refractivity contribution >= 4 is 17.5 Å². The zero-order valence-corrected chi connectivity index (χ0v) is 18.3. The summed E-state index contributed by atoms with van der Waals surface area (Å²) in [5.74, 6) is 0.948. The van der Waals surface area contributed by atoms with Crippen LogP contribution in [-0.4, -0.2) is 38.6 Å². The van der Waals surface area contributed by atoms with Gasteiger partial charge in [0.25, 0.3) is 5.91 Å². The quantitative estimate of drug-likeness (QED) is 0.782. The van der Waals surface area contributed by atoms with E-state index in [4.69, 9.17) is 9.47 Å². The summed E-state index contributed by atoms with van der Waals surface area (Å²) in [7, 11) is 3.07. The number of hydrogen-bond donors (Lipinski definition) is 1. The number of carbonyl (C=O) groups is 2.